The third-order valence-corrected chi connectivity index (χ3v) is 3.52. The first kappa shape index (κ1) is 23.1. The van der Waals surface area contributed by atoms with Crippen LogP contribution in [-0.4, -0.2) is 36.7 Å². The SMILES string of the molecule is CCC1CCC(F)(OC(F)(F)C(F)(F)F)C1(OC(F)(F)F)OC(F)(F)F. The average Bonchev–Trinajstić information content (AvgIpc) is 2.55. The summed E-state index contributed by atoms with van der Waals surface area (Å²) in [6.07, 6.45) is -28.7. The zero-order chi connectivity index (χ0) is 20.8. The summed E-state index contributed by atoms with van der Waals surface area (Å²) in [5.41, 5.74) is 0. The molecule has 1 rings (SSSR count). The van der Waals surface area contributed by atoms with Crippen LogP contribution in [0.15, 0.2) is 0 Å². The van der Waals surface area contributed by atoms with Gasteiger partial charge in [0.25, 0.3) is 5.85 Å². The van der Waals surface area contributed by atoms with Crippen LogP contribution in [0.25, 0.3) is 0 Å². The van der Waals surface area contributed by atoms with Crippen molar-refractivity contribution in [2.24, 2.45) is 5.92 Å². The summed E-state index contributed by atoms with van der Waals surface area (Å²) < 4.78 is 161. The first-order valence-corrected chi connectivity index (χ1v) is 6.66. The number of ether oxygens (including phenoxy) is 3. The van der Waals surface area contributed by atoms with Crippen LogP contribution in [0.1, 0.15) is 26.2 Å². The third kappa shape index (κ3) is 4.65. The molecule has 15 heteroatoms. The van der Waals surface area contributed by atoms with E-state index in [1.807, 2.05) is 0 Å². The van der Waals surface area contributed by atoms with Gasteiger partial charge < -0.3 is 0 Å². The van der Waals surface area contributed by atoms with Crippen LogP contribution < -0.4 is 0 Å². The molecule has 0 aliphatic heterocycles. The van der Waals surface area contributed by atoms with Gasteiger partial charge >= 0.3 is 25.0 Å². The molecule has 0 aromatic carbocycles. The maximum atomic E-state index is 14.7. The highest BCUT2D eigenvalue weighted by Gasteiger charge is 2.76. The third-order valence-electron chi connectivity index (χ3n) is 3.52. The van der Waals surface area contributed by atoms with Crippen molar-refractivity contribution in [3.05, 3.63) is 0 Å². The van der Waals surface area contributed by atoms with Crippen LogP contribution in [0, 0.1) is 5.92 Å². The van der Waals surface area contributed by atoms with Gasteiger partial charge in [-0.05, 0) is 12.8 Å². The lowest BCUT2D eigenvalue weighted by molar-refractivity contribution is -0.547. The van der Waals surface area contributed by atoms with Crippen LogP contribution in [0.3, 0.4) is 0 Å². The van der Waals surface area contributed by atoms with Crippen molar-refractivity contribution in [2.75, 3.05) is 0 Å². The highest BCUT2D eigenvalue weighted by molar-refractivity contribution is 5.02. The lowest BCUT2D eigenvalue weighted by Gasteiger charge is -2.43. The molecule has 0 bridgehead atoms. The van der Waals surface area contributed by atoms with E-state index < -0.39 is 61.8 Å². The first-order valence-electron chi connectivity index (χ1n) is 6.66. The summed E-state index contributed by atoms with van der Waals surface area (Å²) in [5, 5.41) is 0. The second-order valence-electron chi connectivity index (χ2n) is 5.25. The van der Waals surface area contributed by atoms with E-state index in [1.165, 1.54) is 0 Å². The quantitative estimate of drug-likeness (QED) is 0.441. The number of alkyl halides is 12. The van der Waals surface area contributed by atoms with Crippen molar-refractivity contribution in [3.8, 4) is 0 Å². The maximum Gasteiger partial charge on any atom is 0.525 e. The Morgan fingerprint density at radius 2 is 1.23 bits per heavy atom. The van der Waals surface area contributed by atoms with E-state index in [0.29, 0.717) is 0 Å². The van der Waals surface area contributed by atoms with Crippen molar-refractivity contribution in [3.63, 3.8) is 0 Å². The minimum atomic E-state index is -6.63. The summed E-state index contributed by atoms with van der Waals surface area (Å²) in [6, 6.07) is 0. The Morgan fingerprint density at radius 3 is 1.54 bits per heavy atom. The molecule has 0 N–H and O–H groups in total. The maximum absolute atomic E-state index is 14.7. The van der Waals surface area contributed by atoms with Crippen molar-refractivity contribution in [2.45, 2.75) is 62.8 Å². The minimum Gasteiger partial charge on any atom is -0.270 e. The number of halogens is 12. The summed E-state index contributed by atoms with van der Waals surface area (Å²) in [7, 11) is 0. The van der Waals surface area contributed by atoms with E-state index >= 15 is 0 Å². The molecule has 0 aromatic heterocycles. The van der Waals surface area contributed by atoms with Gasteiger partial charge in [0.1, 0.15) is 0 Å². The van der Waals surface area contributed by atoms with Gasteiger partial charge in [0.05, 0.1) is 0 Å². The molecular formula is C11H10F12O3. The van der Waals surface area contributed by atoms with Gasteiger partial charge in [-0.15, -0.1) is 26.3 Å². The Hall–Kier alpha value is -0.960. The second kappa shape index (κ2) is 6.58. The van der Waals surface area contributed by atoms with Gasteiger partial charge in [0.2, 0.25) is 5.79 Å². The van der Waals surface area contributed by atoms with Crippen molar-refractivity contribution in [1.29, 1.82) is 0 Å². The zero-order valence-corrected chi connectivity index (χ0v) is 12.5. The van der Waals surface area contributed by atoms with Gasteiger partial charge in [0.15, 0.2) is 0 Å². The van der Waals surface area contributed by atoms with Crippen molar-refractivity contribution < 1.29 is 66.9 Å². The monoisotopic (exact) mass is 418 g/mol. The molecule has 0 heterocycles. The second-order valence-corrected chi connectivity index (χ2v) is 5.25. The normalized spacial score (nSPS) is 27.8. The largest absolute Gasteiger partial charge is 0.525 e. The minimum absolute atomic E-state index is 0.751. The Kier molecular flexibility index (Phi) is 5.84. The van der Waals surface area contributed by atoms with Gasteiger partial charge in [-0.2, -0.15) is 22.0 Å². The fraction of sp³-hybridized carbons (Fsp3) is 1.00. The summed E-state index contributed by atoms with van der Waals surface area (Å²) in [4.78, 5) is 0. The molecule has 26 heavy (non-hydrogen) atoms. The fourth-order valence-electron chi connectivity index (χ4n) is 2.57. The zero-order valence-electron chi connectivity index (χ0n) is 12.5. The molecule has 3 nitrogen and oxygen atoms in total. The van der Waals surface area contributed by atoms with Gasteiger partial charge in [-0.25, -0.2) is 4.39 Å². The molecular weight excluding hydrogens is 408 g/mol. The lowest BCUT2D eigenvalue weighted by Crippen LogP contribution is -2.63. The molecule has 1 aliphatic carbocycles. The Labute approximate surface area is 137 Å². The highest BCUT2D eigenvalue weighted by Crippen LogP contribution is 2.58. The van der Waals surface area contributed by atoms with E-state index in [9.17, 15) is 52.7 Å². The topological polar surface area (TPSA) is 27.7 Å². The summed E-state index contributed by atoms with van der Waals surface area (Å²) in [6.45, 7) is 0.923. The van der Waals surface area contributed by atoms with Gasteiger partial charge in [0, 0.05) is 12.3 Å². The van der Waals surface area contributed by atoms with E-state index in [-0.39, 0.29) is 0 Å². The highest BCUT2D eigenvalue weighted by atomic mass is 19.4. The van der Waals surface area contributed by atoms with Crippen LogP contribution in [-0.2, 0) is 14.2 Å². The smallest absolute Gasteiger partial charge is 0.270 e. The van der Waals surface area contributed by atoms with E-state index in [4.69, 9.17) is 0 Å². The Morgan fingerprint density at radius 1 is 0.808 bits per heavy atom. The molecule has 0 radical (unpaired) electrons. The summed E-state index contributed by atoms with van der Waals surface area (Å²) >= 11 is 0. The van der Waals surface area contributed by atoms with Gasteiger partial charge in [-0.3, -0.25) is 14.2 Å². The average molecular weight is 418 g/mol. The van der Waals surface area contributed by atoms with E-state index in [0.717, 1.165) is 6.92 Å². The molecule has 1 saturated carbocycles. The molecule has 0 amide bonds. The standard InChI is InChI=1S/C11H10F12O3/c1-2-5-3-4-6(12,24-9(16,17)8(13,14)15)7(5,25-10(18,19)20)26-11(21,22)23/h5H,2-4H2,1H3. The predicted molar refractivity (Wildman–Crippen MR) is 56.0 cm³/mol. The van der Waals surface area contributed by atoms with Crippen LogP contribution in [0.5, 0.6) is 0 Å². The van der Waals surface area contributed by atoms with Crippen molar-refractivity contribution >= 4 is 0 Å². The van der Waals surface area contributed by atoms with Crippen LogP contribution >= 0.6 is 0 Å². The van der Waals surface area contributed by atoms with E-state index in [2.05, 4.69) is 14.2 Å². The number of hydrogen-bond donors (Lipinski definition) is 0. The van der Waals surface area contributed by atoms with E-state index in [1.54, 1.807) is 0 Å². The predicted octanol–water partition coefficient (Wildman–Crippen LogP) is 5.41. The van der Waals surface area contributed by atoms with Crippen LogP contribution in [0.4, 0.5) is 52.7 Å². The molecule has 2 atom stereocenters. The Bertz CT molecular complexity index is 480. The van der Waals surface area contributed by atoms with Gasteiger partial charge in [-0.1, -0.05) is 6.92 Å². The number of rotatable bonds is 5. The molecule has 1 aliphatic rings. The molecule has 0 aromatic rings. The molecule has 2 unspecified atom stereocenters. The van der Waals surface area contributed by atoms with Crippen LogP contribution in [0.2, 0.25) is 0 Å². The number of hydrogen-bond acceptors (Lipinski definition) is 3. The Balaban J connectivity index is 3.50. The lowest BCUT2D eigenvalue weighted by atomic mass is 9.97. The van der Waals surface area contributed by atoms with Crippen molar-refractivity contribution in [1.82, 2.24) is 0 Å². The fourth-order valence-corrected chi connectivity index (χ4v) is 2.57. The molecule has 0 saturated heterocycles. The first-order chi connectivity index (χ1) is 11.3. The molecule has 1 fully saturated rings. The summed E-state index contributed by atoms with van der Waals surface area (Å²) in [5.74, 6) is -11.8. The molecule has 0 spiro atoms. The molecule has 156 valence electrons.